The number of aryl methyl sites for hydroxylation is 1. The summed E-state index contributed by atoms with van der Waals surface area (Å²) in [5.41, 5.74) is 2.33. The van der Waals surface area contributed by atoms with Gasteiger partial charge in [-0.15, -0.1) is 5.10 Å². The van der Waals surface area contributed by atoms with Gasteiger partial charge < -0.3 is 15.0 Å². The molecule has 1 fully saturated rings. The summed E-state index contributed by atoms with van der Waals surface area (Å²) < 4.78 is 45.3. The Kier molecular flexibility index (Phi) is 4.58. The van der Waals surface area contributed by atoms with Crippen LogP contribution in [0.1, 0.15) is 18.4 Å². The minimum Gasteiger partial charge on any atom is -0.377 e. The standard InChI is InChI=1S/C18H19F3N6O/c1-11-9-15(27-17(22-11)24-16(25-27)18(19,20)21)23-13-3-5-14(6-4-13)26-7-8-28-10-12(26)2/h3-6,9,12,23H,7-8,10H2,1-2H3. The molecule has 2 aromatic heterocycles. The summed E-state index contributed by atoms with van der Waals surface area (Å²) in [7, 11) is 0. The van der Waals surface area contributed by atoms with Gasteiger partial charge in [-0.05, 0) is 38.1 Å². The van der Waals surface area contributed by atoms with Gasteiger partial charge in [0.2, 0.25) is 0 Å². The predicted molar refractivity (Wildman–Crippen MR) is 97.9 cm³/mol. The van der Waals surface area contributed by atoms with E-state index in [1.165, 1.54) is 0 Å². The van der Waals surface area contributed by atoms with Gasteiger partial charge in [-0.2, -0.15) is 22.7 Å². The Morgan fingerprint density at radius 2 is 1.93 bits per heavy atom. The molecule has 1 unspecified atom stereocenters. The van der Waals surface area contributed by atoms with E-state index in [0.717, 1.165) is 22.4 Å². The van der Waals surface area contributed by atoms with E-state index < -0.39 is 12.0 Å². The maximum atomic E-state index is 12.9. The second-order valence-electron chi connectivity index (χ2n) is 6.72. The monoisotopic (exact) mass is 392 g/mol. The SMILES string of the molecule is Cc1cc(Nc2ccc(N3CCOCC3C)cc2)n2nc(C(F)(F)F)nc2n1. The minimum absolute atomic E-state index is 0.103. The van der Waals surface area contributed by atoms with Crippen LogP contribution in [0.2, 0.25) is 0 Å². The number of aromatic nitrogens is 4. The zero-order valence-corrected chi connectivity index (χ0v) is 15.4. The fourth-order valence-corrected chi connectivity index (χ4v) is 3.19. The molecule has 1 N–H and O–H groups in total. The normalized spacial score (nSPS) is 17.9. The van der Waals surface area contributed by atoms with E-state index >= 15 is 0 Å². The number of nitrogens with one attached hydrogen (secondary N) is 1. The molecule has 28 heavy (non-hydrogen) atoms. The highest BCUT2D eigenvalue weighted by Crippen LogP contribution is 2.28. The molecule has 3 aromatic rings. The molecular formula is C18H19F3N6O. The van der Waals surface area contributed by atoms with Crippen molar-refractivity contribution >= 4 is 23.0 Å². The lowest BCUT2D eigenvalue weighted by atomic mass is 10.2. The summed E-state index contributed by atoms with van der Waals surface area (Å²) >= 11 is 0. The summed E-state index contributed by atoms with van der Waals surface area (Å²) in [5, 5.41) is 6.66. The average molecular weight is 392 g/mol. The Morgan fingerprint density at radius 1 is 1.18 bits per heavy atom. The van der Waals surface area contributed by atoms with E-state index in [0.29, 0.717) is 24.7 Å². The Bertz CT molecular complexity index is 985. The maximum Gasteiger partial charge on any atom is 0.453 e. The lowest BCUT2D eigenvalue weighted by Gasteiger charge is -2.35. The number of rotatable bonds is 3. The zero-order chi connectivity index (χ0) is 19.9. The first-order valence-corrected chi connectivity index (χ1v) is 8.84. The molecule has 1 aliphatic heterocycles. The van der Waals surface area contributed by atoms with Crippen LogP contribution in [0.5, 0.6) is 0 Å². The molecule has 4 rings (SSSR count). The number of morpholine rings is 1. The van der Waals surface area contributed by atoms with Crippen molar-refractivity contribution in [3.05, 3.63) is 41.9 Å². The molecule has 0 bridgehead atoms. The van der Waals surface area contributed by atoms with Crippen molar-refractivity contribution in [2.24, 2.45) is 0 Å². The van der Waals surface area contributed by atoms with Gasteiger partial charge in [-0.25, -0.2) is 4.98 Å². The number of benzene rings is 1. The summed E-state index contributed by atoms with van der Waals surface area (Å²) in [6, 6.07) is 9.60. The lowest BCUT2D eigenvalue weighted by molar-refractivity contribution is -0.144. The highest BCUT2D eigenvalue weighted by Gasteiger charge is 2.36. The van der Waals surface area contributed by atoms with Gasteiger partial charge in [0.25, 0.3) is 11.6 Å². The Hall–Kier alpha value is -2.88. The molecule has 0 spiro atoms. The molecule has 0 saturated carbocycles. The number of halogens is 3. The Balaban J connectivity index is 1.62. The third kappa shape index (κ3) is 3.59. The number of hydrogen-bond acceptors (Lipinski definition) is 6. The smallest absolute Gasteiger partial charge is 0.377 e. The third-order valence-corrected chi connectivity index (χ3v) is 4.53. The highest BCUT2D eigenvalue weighted by molar-refractivity contribution is 5.62. The van der Waals surface area contributed by atoms with E-state index in [1.807, 2.05) is 24.3 Å². The van der Waals surface area contributed by atoms with Crippen LogP contribution in [0.4, 0.5) is 30.4 Å². The fraction of sp³-hybridized carbons (Fsp3) is 0.389. The number of fused-ring (bicyclic) bond motifs is 1. The Labute approximate surface area is 159 Å². The topological polar surface area (TPSA) is 67.6 Å². The number of anilines is 3. The number of ether oxygens (including phenoxy) is 1. The molecule has 1 aliphatic rings. The van der Waals surface area contributed by atoms with Gasteiger partial charge in [-0.1, -0.05) is 0 Å². The summed E-state index contributed by atoms with van der Waals surface area (Å²) in [6.45, 7) is 5.98. The van der Waals surface area contributed by atoms with Crippen molar-refractivity contribution in [2.45, 2.75) is 26.1 Å². The predicted octanol–water partition coefficient (Wildman–Crippen LogP) is 3.42. The molecule has 7 nitrogen and oxygen atoms in total. The molecule has 1 aromatic carbocycles. The van der Waals surface area contributed by atoms with Gasteiger partial charge in [-0.3, -0.25) is 0 Å². The number of nitrogens with zero attached hydrogens (tertiary/aromatic N) is 5. The average Bonchev–Trinajstić information content (AvgIpc) is 3.07. The highest BCUT2D eigenvalue weighted by atomic mass is 19.4. The second kappa shape index (κ2) is 6.93. The van der Waals surface area contributed by atoms with E-state index in [2.05, 4.69) is 32.2 Å². The van der Waals surface area contributed by atoms with Crippen molar-refractivity contribution in [1.29, 1.82) is 0 Å². The van der Waals surface area contributed by atoms with Gasteiger partial charge in [0.1, 0.15) is 5.82 Å². The first-order valence-electron chi connectivity index (χ1n) is 8.84. The molecule has 0 radical (unpaired) electrons. The Morgan fingerprint density at radius 3 is 2.61 bits per heavy atom. The fourth-order valence-electron chi connectivity index (χ4n) is 3.19. The molecule has 3 heterocycles. The van der Waals surface area contributed by atoms with Gasteiger partial charge >= 0.3 is 6.18 Å². The minimum atomic E-state index is -4.63. The molecule has 1 saturated heterocycles. The van der Waals surface area contributed by atoms with E-state index in [1.54, 1.807) is 13.0 Å². The van der Waals surface area contributed by atoms with Crippen molar-refractivity contribution in [3.8, 4) is 0 Å². The van der Waals surface area contributed by atoms with Gasteiger partial charge in [0, 0.05) is 35.7 Å². The number of hydrogen-bond donors (Lipinski definition) is 1. The zero-order valence-electron chi connectivity index (χ0n) is 15.4. The summed E-state index contributed by atoms with van der Waals surface area (Å²) in [5.74, 6) is -0.961. The van der Waals surface area contributed by atoms with Crippen LogP contribution in [0.3, 0.4) is 0 Å². The van der Waals surface area contributed by atoms with E-state index in [4.69, 9.17) is 4.74 Å². The van der Waals surface area contributed by atoms with Crippen molar-refractivity contribution < 1.29 is 17.9 Å². The van der Waals surface area contributed by atoms with E-state index in [-0.39, 0.29) is 11.8 Å². The van der Waals surface area contributed by atoms with Crippen LogP contribution >= 0.6 is 0 Å². The van der Waals surface area contributed by atoms with Crippen LogP contribution in [0, 0.1) is 6.92 Å². The van der Waals surface area contributed by atoms with E-state index in [9.17, 15) is 13.2 Å². The first kappa shape index (κ1) is 18.5. The van der Waals surface area contributed by atoms with Crippen LogP contribution in [-0.4, -0.2) is 45.4 Å². The quantitative estimate of drug-likeness (QED) is 0.737. The molecule has 0 aliphatic carbocycles. The molecule has 10 heteroatoms. The number of alkyl halides is 3. The van der Waals surface area contributed by atoms with Crippen LogP contribution in [0.15, 0.2) is 30.3 Å². The van der Waals surface area contributed by atoms with Gasteiger partial charge in [0.05, 0.1) is 13.2 Å². The molecule has 148 valence electrons. The van der Waals surface area contributed by atoms with Crippen LogP contribution in [0.25, 0.3) is 5.78 Å². The maximum absolute atomic E-state index is 12.9. The summed E-state index contributed by atoms with van der Waals surface area (Å²) in [4.78, 5) is 9.77. The second-order valence-corrected chi connectivity index (χ2v) is 6.72. The van der Waals surface area contributed by atoms with Crippen molar-refractivity contribution in [1.82, 2.24) is 19.6 Å². The third-order valence-electron chi connectivity index (χ3n) is 4.53. The summed E-state index contributed by atoms with van der Waals surface area (Å²) in [6.07, 6.45) is -4.63. The van der Waals surface area contributed by atoms with Crippen LogP contribution < -0.4 is 10.2 Å². The first-order chi connectivity index (χ1) is 13.3. The lowest BCUT2D eigenvalue weighted by Crippen LogP contribution is -2.43. The largest absolute Gasteiger partial charge is 0.453 e. The van der Waals surface area contributed by atoms with Crippen molar-refractivity contribution in [3.63, 3.8) is 0 Å². The van der Waals surface area contributed by atoms with Gasteiger partial charge in [0.15, 0.2) is 0 Å². The molecule has 0 amide bonds. The molecular weight excluding hydrogens is 373 g/mol. The van der Waals surface area contributed by atoms with Crippen LogP contribution in [-0.2, 0) is 10.9 Å². The van der Waals surface area contributed by atoms with Crippen molar-refractivity contribution in [2.75, 3.05) is 30.0 Å². The molecule has 1 atom stereocenters.